The van der Waals surface area contributed by atoms with Crippen LogP contribution in [0.25, 0.3) is 0 Å². The van der Waals surface area contributed by atoms with Crippen molar-refractivity contribution in [1.82, 2.24) is 10.2 Å². The number of likely N-dealkylation sites (N-methyl/N-ethyl adjacent to an activating group) is 1. The molecule has 0 aromatic rings. The monoisotopic (exact) mass is 186 g/mol. The van der Waals surface area contributed by atoms with Crippen LogP contribution in [0.4, 0.5) is 0 Å². The summed E-state index contributed by atoms with van der Waals surface area (Å²) in [6, 6.07) is 0. The second kappa shape index (κ2) is 4.94. The summed E-state index contributed by atoms with van der Waals surface area (Å²) in [7, 11) is 4.15. The standard InChI is InChI=1S/C10H22N2O/c1-10(4-6-11-7-5-10)13-9-8-12(2)3/h11H,4-9H2,1-3H3. The van der Waals surface area contributed by atoms with Gasteiger partial charge in [-0.1, -0.05) is 0 Å². The molecule has 13 heavy (non-hydrogen) atoms. The van der Waals surface area contributed by atoms with Crippen LogP contribution in [0.1, 0.15) is 19.8 Å². The van der Waals surface area contributed by atoms with Crippen LogP contribution in [-0.4, -0.2) is 50.8 Å². The summed E-state index contributed by atoms with van der Waals surface area (Å²) < 4.78 is 5.90. The van der Waals surface area contributed by atoms with E-state index in [0.717, 1.165) is 39.1 Å². The van der Waals surface area contributed by atoms with Gasteiger partial charge in [-0.3, -0.25) is 0 Å². The highest BCUT2D eigenvalue weighted by molar-refractivity contribution is 4.81. The Morgan fingerprint density at radius 2 is 1.92 bits per heavy atom. The predicted molar refractivity (Wildman–Crippen MR) is 55.0 cm³/mol. The molecule has 0 aromatic heterocycles. The molecular weight excluding hydrogens is 164 g/mol. The maximum absolute atomic E-state index is 5.90. The van der Waals surface area contributed by atoms with Gasteiger partial charge in [0.2, 0.25) is 0 Å². The lowest BCUT2D eigenvalue weighted by atomic mass is 9.95. The number of rotatable bonds is 4. The highest BCUT2D eigenvalue weighted by Gasteiger charge is 2.26. The molecule has 1 aliphatic rings. The molecule has 1 heterocycles. The van der Waals surface area contributed by atoms with Gasteiger partial charge >= 0.3 is 0 Å². The molecule has 1 rings (SSSR count). The largest absolute Gasteiger partial charge is 0.374 e. The van der Waals surface area contributed by atoms with E-state index >= 15 is 0 Å². The van der Waals surface area contributed by atoms with Crippen molar-refractivity contribution >= 4 is 0 Å². The van der Waals surface area contributed by atoms with Crippen LogP contribution in [0.15, 0.2) is 0 Å². The summed E-state index contributed by atoms with van der Waals surface area (Å²) in [6.45, 7) is 6.28. The van der Waals surface area contributed by atoms with Crippen molar-refractivity contribution in [1.29, 1.82) is 0 Å². The van der Waals surface area contributed by atoms with Crippen molar-refractivity contribution in [2.45, 2.75) is 25.4 Å². The first-order valence-electron chi connectivity index (χ1n) is 5.12. The highest BCUT2D eigenvalue weighted by Crippen LogP contribution is 2.21. The number of piperidine rings is 1. The molecule has 1 aliphatic heterocycles. The molecule has 1 N–H and O–H groups in total. The molecule has 0 spiro atoms. The average Bonchev–Trinajstić information content (AvgIpc) is 2.04. The second-order valence-corrected chi connectivity index (χ2v) is 4.35. The van der Waals surface area contributed by atoms with Crippen LogP contribution in [0.2, 0.25) is 0 Å². The minimum atomic E-state index is 0.126. The van der Waals surface area contributed by atoms with E-state index in [4.69, 9.17) is 4.74 Å². The fourth-order valence-corrected chi connectivity index (χ4v) is 1.57. The van der Waals surface area contributed by atoms with Gasteiger partial charge in [-0.25, -0.2) is 0 Å². The van der Waals surface area contributed by atoms with Crippen LogP contribution < -0.4 is 5.32 Å². The lowest BCUT2D eigenvalue weighted by Crippen LogP contribution is -2.42. The zero-order chi connectivity index (χ0) is 9.73. The number of nitrogens with zero attached hydrogens (tertiary/aromatic N) is 1. The quantitative estimate of drug-likeness (QED) is 0.699. The summed E-state index contributed by atoms with van der Waals surface area (Å²) in [5, 5.41) is 3.35. The first-order valence-corrected chi connectivity index (χ1v) is 5.12. The Bertz CT molecular complexity index is 142. The first kappa shape index (κ1) is 11.0. The molecule has 0 atom stereocenters. The van der Waals surface area contributed by atoms with Gasteiger partial charge in [0.15, 0.2) is 0 Å². The second-order valence-electron chi connectivity index (χ2n) is 4.35. The molecule has 0 amide bonds. The van der Waals surface area contributed by atoms with Crippen molar-refractivity contribution in [3.63, 3.8) is 0 Å². The minimum Gasteiger partial charge on any atom is -0.374 e. The number of hydrogen-bond acceptors (Lipinski definition) is 3. The van der Waals surface area contributed by atoms with Gasteiger partial charge in [-0.2, -0.15) is 0 Å². The minimum absolute atomic E-state index is 0.126. The smallest absolute Gasteiger partial charge is 0.0679 e. The third-order valence-corrected chi connectivity index (χ3v) is 2.65. The van der Waals surface area contributed by atoms with Crippen LogP contribution in [0.3, 0.4) is 0 Å². The predicted octanol–water partition coefficient (Wildman–Crippen LogP) is 0.707. The van der Waals surface area contributed by atoms with E-state index in [-0.39, 0.29) is 5.60 Å². The Hall–Kier alpha value is -0.120. The van der Waals surface area contributed by atoms with E-state index in [1.54, 1.807) is 0 Å². The van der Waals surface area contributed by atoms with Gasteiger partial charge in [0.05, 0.1) is 12.2 Å². The summed E-state index contributed by atoms with van der Waals surface area (Å²) in [5.74, 6) is 0. The first-order chi connectivity index (χ1) is 6.12. The molecule has 1 saturated heterocycles. The Morgan fingerprint density at radius 3 is 2.46 bits per heavy atom. The average molecular weight is 186 g/mol. The Labute approximate surface area is 81.4 Å². The normalized spacial score (nSPS) is 22.2. The van der Waals surface area contributed by atoms with Gasteiger partial charge in [-0.15, -0.1) is 0 Å². The highest BCUT2D eigenvalue weighted by atomic mass is 16.5. The molecule has 1 fully saturated rings. The Kier molecular flexibility index (Phi) is 4.16. The van der Waals surface area contributed by atoms with Gasteiger partial charge in [-0.05, 0) is 47.0 Å². The van der Waals surface area contributed by atoms with Gasteiger partial charge in [0.1, 0.15) is 0 Å². The lowest BCUT2D eigenvalue weighted by Gasteiger charge is -2.34. The topological polar surface area (TPSA) is 24.5 Å². The Morgan fingerprint density at radius 1 is 1.31 bits per heavy atom. The van der Waals surface area contributed by atoms with Gasteiger partial charge in [0, 0.05) is 6.54 Å². The van der Waals surface area contributed by atoms with Gasteiger partial charge < -0.3 is 15.0 Å². The molecule has 3 nitrogen and oxygen atoms in total. The van der Waals surface area contributed by atoms with Gasteiger partial charge in [0.25, 0.3) is 0 Å². The summed E-state index contributed by atoms with van der Waals surface area (Å²) in [6.07, 6.45) is 2.28. The van der Waals surface area contributed by atoms with Crippen LogP contribution in [0.5, 0.6) is 0 Å². The molecule has 3 heteroatoms. The van der Waals surface area contributed by atoms with Crippen molar-refractivity contribution in [3.05, 3.63) is 0 Å². The molecular formula is C10H22N2O. The van der Waals surface area contributed by atoms with Crippen molar-refractivity contribution in [2.75, 3.05) is 40.3 Å². The van der Waals surface area contributed by atoms with E-state index in [1.165, 1.54) is 0 Å². The molecule has 0 unspecified atom stereocenters. The van der Waals surface area contributed by atoms with Crippen LogP contribution >= 0.6 is 0 Å². The van der Waals surface area contributed by atoms with Crippen molar-refractivity contribution < 1.29 is 4.74 Å². The lowest BCUT2D eigenvalue weighted by molar-refractivity contribution is -0.0552. The molecule has 0 aliphatic carbocycles. The van der Waals surface area contributed by atoms with Crippen molar-refractivity contribution in [2.24, 2.45) is 0 Å². The summed E-state index contributed by atoms with van der Waals surface area (Å²) in [5.41, 5.74) is 0.126. The maximum atomic E-state index is 5.90. The van der Waals surface area contributed by atoms with E-state index in [1.807, 2.05) is 0 Å². The Balaban J connectivity index is 2.17. The summed E-state index contributed by atoms with van der Waals surface area (Å²) in [4.78, 5) is 2.16. The fourth-order valence-electron chi connectivity index (χ4n) is 1.57. The number of ether oxygens (including phenoxy) is 1. The SMILES string of the molecule is CN(C)CCOC1(C)CCNCC1. The van der Waals surface area contributed by atoms with Crippen molar-refractivity contribution in [3.8, 4) is 0 Å². The summed E-state index contributed by atoms with van der Waals surface area (Å²) >= 11 is 0. The van der Waals surface area contributed by atoms with E-state index < -0.39 is 0 Å². The van der Waals surface area contributed by atoms with E-state index in [2.05, 4.69) is 31.2 Å². The molecule has 0 aromatic carbocycles. The van der Waals surface area contributed by atoms with E-state index in [0.29, 0.717) is 0 Å². The number of hydrogen-bond donors (Lipinski definition) is 1. The molecule has 78 valence electrons. The molecule has 0 saturated carbocycles. The third kappa shape index (κ3) is 4.07. The van der Waals surface area contributed by atoms with E-state index in [9.17, 15) is 0 Å². The molecule has 0 bridgehead atoms. The zero-order valence-corrected chi connectivity index (χ0v) is 9.10. The molecule has 0 radical (unpaired) electrons. The van der Waals surface area contributed by atoms with Crippen LogP contribution in [0, 0.1) is 0 Å². The number of nitrogens with one attached hydrogen (secondary N) is 1. The van der Waals surface area contributed by atoms with Crippen LogP contribution in [-0.2, 0) is 4.74 Å². The zero-order valence-electron chi connectivity index (χ0n) is 9.10. The fraction of sp³-hybridized carbons (Fsp3) is 1.00. The maximum Gasteiger partial charge on any atom is 0.0679 e. The third-order valence-electron chi connectivity index (χ3n) is 2.65.